The van der Waals surface area contributed by atoms with Crippen molar-refractivity contribution in [2.24, 2.45) is 0 Å². The standard InChI is InChI=1S/C17H25FN2O/c1-3-20(4-2)16-8-10-19(13-16)11-9-17(21)14-6-5-7-15(18)12-14/h5-7,12,16H,3-4,8-11,13H2,1-2H3. The van der Waals surface area contributed by atoms with Gasteiger partial charge in [-0.05, 0) is 38.2 Å². The van der Waals surface area contributed by atoms with E-state index in [1.165, 1.54) is 18.6 Å². The minimum absolute atomic E-state index is 0.0285. The summed E-state index contributed by atoms with van der Waals surface area (Å²) in [5.74, 6) is -0.315. The number of carbonyl (C=O) groups excluding carboxylic acids is 1. The summed E-state index contributed by atoms with van der Waals surface area (Å²) in [5.41, 5.74) is 0.481. The van der Waals surface area contributed by atoms with Crippen LogP contribution in [0, 0.1) is 5.82 Å². The quantitative estimate of drug-likeness (QED) is 0.722. The molecule has 3 nitrogen and oxygen atoms in total. The smallest absolute Gasteiger partial charge is 0.164 e. The van der Waals surface area contributed by atoms with Crippen LogP contribution in [0.4, 0.5) is 4.39 Å². The molecule has 0 bridgehead atoms. The third-order valence-electron chi connectivity index (χ3n) is 4.38. The highest BCUT2D eigenvalue weighted by atomic mass is 19.1. The van der Waals surface area contributed by atoms with E-state index in [-0.39, 0.29) is 11.6 Å². The average Bonchev–Trinajstić information content (AvgIpc) is 2.95. The van der Waals surface area contributed by atoms with E-state index in [2.05, 4.69) is 23.6 Å². The fourth-order valence-corrected chi connectivity index (χ4v) is 3.12. The van der Waals surface area contributed by atoms with Gasteiger partial charge in [0.1, 0.15) is 5.82 Å². The summed E-state index contributed by atoms with van der Waals surface area (Å²) in [6, 6.07) is 6.59. The van der Waals surface area contributed by atoms with Crippen molar-refractivity contribution in [2.75, 3.05) is 32.7 Å². The van der Waals surface area contributed by atoms with Crippen molar-refractivity contribution in [1.82, 2.24) is 9.80 Å². The van der Waals surface area contributed by atoms with Gasteiger partial charge in [-0.3, -0.25) is 9.69 Å². The molecule has 0 radical (unpaired) electrons. The van der Waals surface area contributed by atoms with E-state index in [1.54, 1.807) is 12.1 Å². The predicted molar refractivity (Wildman–Crippen MR) is 83.1 cm³/mol. The number of hydrogen-bond acceptors (Lipinski definition) is 3. The number of likely N-dealkylation sites (tertiary alicyclic amines) is 1. The third kappa shape index (κ3) is 4.35. The average molecular weight is 292 g/mol. The number of hydrogen-bond donors (Lipinski definition) is 0. The molecule has 21 heavy (non-hydrogen) atoms. The van der Waals surface area contributed by atoms with Gasteiger partial charge in [-0.2, -0.15) is 0 Å². The molecule has 1 aromatic rings. The molecule has 0 amide bonds. The summed E-state index contributed by atoms with van der Waals surface area (Å²) in [4.78, 5) is 16.9. The Hall–Kier alpha value is -1.26. The van der Waals surface area contributed by atoms with Crippen molar-refractivity contribution in [3.05, 3.63) is 35.6 Å². The number of benzene rings is 1. The lowest BCUT2D eigenvalue weighted by Crippen LogP contribution is -2.37. The van der Waals surface area contributed by atoms with Gasteiger partial charge in [0, 0.05) is 31.1 Å². The Labute approximate surface area is 126 Å². The molecule has 1 saturated heterocycles. The van der Waals surface area contributed by atoms with Crippen LogP contribution in [-0.2, 0) is 0 Å². The maximum absolute atomic E-state index is 13.1. The second-order valence-electron chi connectivity index (χ2n) is 5.65. The van der Waals surface area contributed by atoms with E-state index in [1.807, 2.05) is 0 Å². The van der Waals surface area contributed by atoms with E-state index < -0.39 is 0 Å². The first-order chi connectivity index (χ1) is 10.1. The van der Waals surface area contributed by atoms with Crippen molar-refractivity contribution in [1.29, 1.82) is 0 Å². The van der Waals surface area contributed by atoms with E-state index in [0.29, 0.717) is 18.0 Å². The Kier molecular flexibility index (Phi) is 5.88. The van der Waals surface area contributed by atoms with Crippen LogP contribution >= 0.6 is 0 Å². The molecule has 0 spiro atoms. The molecule has 1 heterocycles. The number of carbonyl (C=O) groups is 1. The molecule has 116 valence electrons. The Bertz CT molecular complexity index is 474. The topological polar surface area (TPSA) is 23.6 Å². The van der Waals surface area contributed by atoms with Crippen LogP contribution in [0.25, 0.3) is 0 Å². The fraction of sp³-hybridized carbons (Fsp3) is 0.588. The van der Waals surface area contributed by atoms with Crippen LogP contribution in [0.3, 0.4) is 0 Å². The van der Waals surface area contributed by atoms with E-state index in [9.17, 15) is 9.18 Å². The summed E-state index contributed by atoms with van der Waals surface area (Å²) in [6.45, 7) is 9.41. The Morgan fingerprint density at radius 2 is 2.14 bits per heavy atom. The zero-order chi connectivity index (χ0) is 15.2. The summed E-state index contributed by atoms with van der Waals surface area (Å²) >= 11 is 0. The first-order valence-corrected chi connectivity index (χ1v) is 7.89. The van der Waals surface area contributed by atoms with Crippen molar-refractivity contribution < 1.29 is 9.18 Å². The van der Waals surface area contributed by atoms with Gasteiger partial charge in [-0.25, -0.2) is 4.39 Å². The number of likely N-dealkylation sites (N-methyl/N-ethyl adjacent to an activating group) is 1. The minimum atomic E-state index is -0.344. The van der Waals surface area contributed by atoms with Crippen LogP contribution in [-0.4, -0.2) is 54.3 Å². The highest BCUT2D eigenvalue weighted by Gasteiger charge is 2.26. The van der Waals surface area contributed by atoms with Crippen molar-refractivity contribution in [3.8, 4) is 0 Å². The van der Waals surface area contributed by atoms with Gasteiger partial charge < -0.3 is 4.90 Å². The fourth-order valence-electron chi connectivity index (χ4n) is 3.12. The Balaban J connectivity index is 1.80. The normalized spacial score (nSPS) is 19.3. The molecule has 0 aliphatic carbocycles. The highest BCUT2D eigenvalue weighted by Crippen LogP contribution is 2.16. The number of Topliss-reactive ketones (excluding diaryl/α,β-unsaturated/α-hetero) is 1. The molecule has 1 fully saturated rings. The van der Waals surface area contributed by atoms with E-state index in [0.717, 1.165) is 32.7 Å². The third-order valence-corrected chi connectivity index (χ3v) is 4.38. The molecule has 1 aromatic carbocycles. The summed E-state index contributed by atoms with van der Waals surface area (Å²) < 4.78 is 13.1. The maximum atomic E-state index is 13.1. The lowest BCUT2D eigenvalue weighted by atomic mass is 10.1. The summed E-state index contributed by atoms with van der Waals surface area (Å²) in [7, 11) is 0. The lowest BCUT2D eigenvalue weighted by molar-refractivity contribution is 0.0966. The molecule has 0 N–H and O–H groups in total. The molecule has 4 heteroatoms. The first-order valence-electron chi connectivity index (χ1n) is 7.89. The first kappa shape index (κ1) is 16.1. The van der Waals surface area contributed by atoms with Crippen LogP contribution in [0.15, 0.2) is 24.3 Å². The van der Waals surface area contributed by atoms with E-state index in [4.69, 9.17) is 0 Å². The zero-order valence-electron chi connectivity index (χ0n) is 13.0. The molecule has 1 aliphatic heterocycles. The SMILES string of the molecule is CCN(CC)C1CCN(CCC(=O)c2cccc(F)c2)C1. The Morgan fingerprint density at radius 3 is 2.81 bits per heavy atom. The van der Waals surface area contributed by atoms with Crippen LogP contribution in [0.5, 0.6) is 0 Å². The van der Waals surface area contributed by atoms with Crippen LogP contribution in [0.1, 0.15) is 37.0 Å². The van der Waals surface area contributed by atoms with Gasteiger partial charge >= 0.3 is 0 Å². The molecular weight excluding hydrogens is 267 g/mol. The van der Waals surface area contributed by atoms with Crippen molar-refractivity contribution in [2.45, 2.75) is 32.7 Å². The van der Waals surface area contributed by atoms with E-state index >= 15 is 0 Å². The molecule has 1 aliphatic rings. The predicted octanol–water partition coefficient (Wildman–Crippen LogP) is 2.81. The minimum Gasteiger partial charge on any atom is -0.301 e. The lowest BCUT2D eigenvalue weighted by Gasteiger charge is -2.26. The highest BCUT2D eigenvalue weighted by molar-refractivity contribution is 5.96. The van der Waals surface area contributed by atoms with Gasteiger partial charge in [-0.1, -0.05) is 26.0 Å². The largest absolute Gasteiger partial charge is 0.301 e. The summed E-state index contributed by atoms with van der Waals surface area (Å²) in [5, 5.41) is 0. The zero-order valence-corrected chi connectivity index (χ0v) is 13.0. The second-order valence-corrected chi connectivity index (χ2v) is 5.65. The van der Waals surface area contributed by atoms with Gasteiger partial charge in [-0.15, -0.1) is 0 Å². The van der Waals surface area contributed by atoms with Crippen LogP contribution in [0.2, 0.25) is 0 Å². The maximum Gasteiger partial charge on any atom is 0.164 e. The molecular formula is C17H25FN2O. The second kappa shape index (κ2) is 7.66. The van der Waals surface area contributed by atoms with Crippen molar-refractivity contribution >= 4 is 5.78 Å². The van der Waals surface area contributed by atoms with Gasteiger partial charge in [0.05, 0.1) is 0 Å². The molecule has 2 rings (SSSR count). The number of halogens is 1. The van der Waals surface area contributed by atoms with Crippen LogP contribution < -0.4 is 0 Å². The van der Waals surface area contributed by atoms with Crippen molar-refractivity contribution in [3.63, 3.8) is 0 Å². The molecule has 1 atom stereocenters. The summed E-state index contributed by atoms with van der Waals surface area (Å²) in [6.07, 6.45) is 1.64. The van der Waals surface area contributed by atoms with Gasteiger partial charge in [0.25, 0.3) is 0 Å². The Morgan fingerprint density at radius 1 is 1.38 bits per heavy atom. The van der Waals surface area contributed by atoms with Gasteiger partial charge in [0.2, 0.25) is 0 Å². The number of nitrogens with zero attached hydrogens (tertiary/aromatic N) is 2. The number of rotatable bonds is 7. The molecule has 0 aromatic heterocycles. The molecule has 0 saturated carbocycles. The molecule has 1 unspecified atom stereocenters. The number of ketones is 1. The monoisotopic (exact) mass is 292 g/mol. The van der Waals surface area contributed by atoms with Gasteiger partial charge in [0.15, 0.2) is 5.78 Å².